The molecule has 1 saturated heterocycles. The first-order valence-corrected chi connectivity index (χ1v) is 9.48. The van der Waals surface area contributed by atoms with E-state index < -0.39 is 21.2 Å². The van der Waals surface area contributed by atoms with E-state index in [0.29, 0.717) is 21.5 Å². The highest BCUT2D eigenvalue weighted by Gasteiger charge is 2.30. The first kappa shape index (κ1) is 20.4. The van der Waals surface area contributed by atoms with Crippen LogP contribution in [0.3, 0.4) is 0 Å². The number of rotatable bonds is 6. The topological polar surface area (TPSA) is 116 Å². The molecule has 1 fully saturated rings. The van der Waals surface area contributed by atoms with Gasteiger partial charge >= 0.3 is 5.69 Å². The van der Waals surface area contributed by atoms with E-state index in [0.717, 1.165) is 17.7 Å². The Morgan fingerprint density at radius 2 is 1.83 bits per heavy atom. The Bertz CT molecular complexity index is 1050. The second-order valence-corrected chi connectivity index (χ2v) is 7.44. The lowest BCUT2D eigenvalue weighted by atomic mass is 10.2. The van der Waals surface area contributed by atoms with E-state index in [9.17, 15) is 25.0 Å². The molecule has 2 aromatic rings. The van der Waals surface area contributed by atoms with Gasteiger partial charge in [-0.25, -0.2) is 0 Å². The molecule has 0 aliphatic carbocycles. The number of nitro benzene ring substituents is 2. The largest absolute Gasteiger partial charge is 0.450 e. The quantitative estimate of drug-likeness (QED) is 0.284. The summed E-state index contributed by atoms with van der Waals surface area (Å²) in [6.45, 7) is 2.35. The standard InChI is InChI=1S/C18H13N3O6S2/c1-2-19-17(22)16(29-18(19)28)9-11-3-6-13(7-4-11)27-15-8-5-12(20(23)24)10-14(15)21(25)26/h3-10H,2H2,1H3/b16-9+. The van der Waals surface area contributed by atoms with Crippen LogP contribution in [0.5, 0.6) is 11.5 Å². The summed E-state index contributed by atoms with van der Waals surface area (Å²) in [5.74, 6) is 0.0432. The Morgan fingerprint density at radius 3 is 2.38 bits per heavy atom. The Hall–Kier alpha value is -3.31. The highest BCUT2D eigenvalue weighted by atomic mass is 32.2. The van der Waals surface area contributed by atoms with E-state index >= 15 is 0 Å². The van der Waals surface area contributed by atoms with Crippen molar-refractivity contribution >= 4 is 51.7 Å². The van der Waals surface area contributed by atoms with Gasteiger partial charge in [0.2, 0.25) is 5.75 Å². The molecular weight excluding hydrogens is 418 g/mol. The van der Waals surface area contributed by atoms with Gasteiger partial charge < -0.3 is 4.74 Å². The van der Waals surface area contributed by atoms with E-state index in [1.54, 1.807) is 30.3 Å². The summed E-state index contributed by atoms with van der Waals surface area (Å²) in [5, 5.41) is 22.0. The highest BCUT2D eigenvalue weighted by molar-refractivity contribution is 8.26. The van der Waals surface area contributed by atoms with Gasteiger partial charge in [-0.15, -0.1) is 0 Å². The Kier molecular flexibility index (Phi) is 5.89. The molecule has 0 aromatic heterocycles. The molecule has 0 saturated carbocycles. The molecule has 148 valence electrons. The molecule has 0 bridgehead atoms. The average molecular weight is 431 g/mol. The van der Waals surface area contributed by atoms with Crippen LogP contribution in [0.2, 0.25) is 0 Å². The van der Waals surface area contributed by atoms with E-state index in [1.807, 2.05) is 6.92 Å². The molecule has 0 radical (unpaired) electrons. The number of thiocarbonyl (C=S) groups is 1. The number of benzene rings is 2. The van der Waals surface area contributed by atoms with Gasteiger partial charge in [-0.1, -0.05) is 36.1 Å². The van der Waals surface area contributed by atoms with Crippen LogP contribution in [-0.2, 0) is 4.79 Å². The normalized spacial score (nSPS) is 15.1. The van der Waals surface area contributed by atoms with Gasteiger partial charge in [-0.05, 0) is 36.8 Å². The minimum atomic E-state index is -0.744. The third kappa shape index (κ3) is 4.41. The summed E-state index contributed by atoms with van der Waals surface area (Å²) >= 11 is 6.40. The summed E-state index contributed by atoms with van der Waals surface area (Å²) in [6, 6.07) is 9.69. The minimum absolute atomic E-state index is 0.114. The fraction of sp³-hybridized carbons (Fsp3) is 0.111. The molecule has 0 atom stereocenters. The Labute approximate surface area is 174 Å². The Balaban J connectivity index is 1.81. The van der Waals surface area contributed by atoms with Gasteiger partial charge in [-0.3, -0.25) is 29.9 Å². The molecule has 1 amide bonds. The van der Waals surface area contributed by atoms with E-state index in [4.69, 9.17) is 17.0 Å². The summed E-state index contributed by atoms with van der Waals surface area (Å²) in [4.78, 5) is 34.8. The molecule has 3 rings (SSSR count). The van der Waals surface area contributed by atoms with Crippen LogP contribution < -0.4 is 4.74 Å². The fourth-order valence-electron chi connectivity index (χ4n) is 2.53. The van der Waals surface area contributed by atoms with E-state index in [-0.39, 0.29) is 11.7 Å². The third-order valence-corrected chi connectivity index (χ3v) is 5.32. The number of hydrogen-bond donors (Lipinski definition) is 0. The number of likely N-dealkylation sites (N-methyl/N-ethyl adjacent to an activating group) is 1. The number of non-ortho nitro benzene ring substituents is 1. The fourth-order valence-corrected chi connectivity index (χ4v) is 3.92. The van der Waals surface area contributed by atoms with Crippen molar-refractivity contribution in [2.45, 2.75) is 6.92 Å². The van der Waals surface area contributed by atoms with Crippen LogP contribution in [0, 0.1) is 20.2 Å². The number of carbonyl (C=O) groups excluding carboxylic acids is 1. The van der Waals surface area contributed by atoms with E-state index in [2.05, 4.69) is 0 Å². The smallest absolute Gasteiger partial charge is 0.318 e. The lowest BCUT2D eigenvalue weighted by molar-refractivity contribution is -0.394. The lowest BCUT2D eigenvalue weighted by Gasteiger charge is -2.09. The molecule has 0 spiro atoms. The number of nitrogens with zero attached hydrogens (tertiary/aromatic N) is 3. The van der Waals surface area contributed by atoms with Crippen molar-refractivity contribution in [2.75, 3.05) is 6.54 Å². The maximum atomic E-state index is 12.2. The zero-order valence-electron chi connectivity index (χ0n) is 14.9. The van der Waals surface area contributed by atoms with Crippen molar-refractivity contribution < 1.29 is 19.4 Å². The number of amides is 1. The molecule has 0 unspecified atom stereocenters. The number of nitro groups is 2. The first-order chi connectivity index (χ1) is 13.8. The number of thioether (sulfide) groups is 1. The molecule has 1 aliphatic rings. The SMILES string of the molecule is CCN1C(=O)/C(=C\c2ccc(Oc3ccc([N+](=O)[O-])cc3[N+](=O)[O-])cc2)SC1=S. The van der Waals surface area contributed by atoms with Crippen LogP contribution in [0.4, 0.5) is 11.4 Å². The van der Waals surface area contributed by atoms with Crippen molar-refractivity contribution in [3.63, 3.8) is 0 Å². The van der Waals surface area contributed by atoms with Crippen LogP contribution in [-0.4, -0.2) is 31.5 Å². The zero-order chi connectivity index (χ0) is 21.1. The van der Waals surface area contributed by atoms with E-state index in [1.165, 1.54) is 22.7 Å². The van der Waals surface area contributed by atoms with Crippen molar-refractivity contribution in [1.29, 1.82) is 0 Å². The maximum Gasteiger partial charge on any atom is 0.318 e. The number of carbonyl (C=O) groups is 1. The van der Waals surface area contributed by atoms with Gasteiger partial charge in [-0.2, -0.15) is 0 Å². The second kappa shape index (κ2) is 8.37. The number of hydrogen-bond acceptors (Lipinski definition) is 8. The summed E-state index contributed by atoms with van der Waals surface area (Å²) < 4.78 is 6.03. The second-order valence-electron chi connectivity index (χ2n) is 5.76. The van der Waals surface area contributed by atoms with Gasteiger partial charge in [0.1, 0.15) is 10.1 Å². The lowest BCUT2D eigenvalue weighted by Crippen LogP contribution is -2.27. The van der Waals surface area contributed by atoms with Crippen molar-refractivity contribution in [2.24, 2.45) is 0 Å². The van der Waals surface area contributed by atoms with Gasteiger partial charge in [0.05, 0.1) is 20.8 Å². The molecule has 0 N–H and O–H groups in total. The first-order valence-electron chi connectivity index (χ1n) is 8.26. The van der Waals surface area contributed by atoms with Crippen molar-refractivity contribution in [1.82, 2.24) is 4.90 Å². The molecule has 2 aromatic carbocycles. The predicted molar refractivity (Wildman–Crippen MR) is 112 cm³/mol. The minimum Gasteiger partial charge on any atom is -0.450 e. The summed E-state index contributed by atoms with van der Waals surface area (Å²) in [6.07, 6.45) is 1.70. The van der Waals surface area contributed by atoms with Crippen LogP contribution in [0.25, 0.3) is 6.08 Å². The monoisotopic (exact) mass is 431 g/mol. The maximum absolute atomic E-state index is 12.2. The highest BCUT2D eigenvalue weighted by Crippen LogP contribution is 2.35. The molecule has 1 heterocycles. The molecular formula is C18H13N3O6S2. The van der Waals surface area contributed by atoms with Crippen LogP contribution in [0.15, 0.2) is 47.4 Å². The van der Waals surface area contributed by atoms with Gasteiger partial charge in [0.25, 0.3) is 11.6 Å². The van der Waals surface area contributed by atoms with Gasteiger partial charge in [0, 0.05) is 12.6 Å². The van der Waals surface area contributed by atoms with Crippen LogP contribution >= 0.6 is 24.0 Å². The van der Waals surface area contributed by atoms with Crippen molar-refractivity contribution in [3.05, 3.63) is 73.2 Å². The Morgan fingerprint density at radius 1 is 1.14 bits per heavy atom. The summed E-state index contributed by atoms with van der Waals surface area (Å²) in [5.41, 5.74) is -0.178. The predicted octanol–water partition coefficient (Wildman–Crippen LogP) is 4.52. The van der Waals surface area contributed by atoms with Crippen molar-refractivity contribution in [3.8, 4) is 11.5 Å². The molecule has 11 heteroatoms. The molecule has 1 aliphatic heterocycles. The third-order valence-electron chi connectivity index (χ3n) is 3.95. The number of ether oxygens (including phenoxy) is 1. The molecule has 9 nitrogen and oxygen atoms in total. The molecule has 29 heavy (non-hydrogen) atoms. The summed E-state index contributed by atoms with van der Waals surface area (Å²) in [7, 11) is 0. The van der Waals surface area contributed by atoms with Crippen LogP contribution in [0.1, 0.15) is 12.5 Å². The zero-order valence-corrected chi connectivity index (χ0v) is 16.6. The van der Waals surface area contributed by atoms with Gasteiger partial charge in [0.15, 0.2) is 0 Å². The average Bonchev–Trinajstić information content (AvgIpc) is 2.95.